The van der Waals surface area contributed by atoms with Crippen molar-refractivity contribution < 1.29 is 27.8 Å². The first-order valence-electron chi connectivity index (χ1n) is 9.58. The Kier molecular flexibility index (Phi) is 6.95. The van der Waals surface area contributed by atoms with Crippen molar-refractivity contribution in [1.29, 1.82) is 5.26 Å². The number of rotatable bonds is 2. The van der Waals surface area contributed by atoms with Gasteiger partial charge in [-0.15, -0.1) is 0 Å². The summed E-state index contributed by atoms with van der Waals surface area (Å²) in [5.74, 6) is 0.114. The zero-order chi connectivity index (χ0) is 23.1. The summed E-state index contributed by atoms with van der Waals surface area (Å²) < 4.78 is 42.9. The summed E-state index contributed by atoms with van der Waals surface area (Å²) in [5.41, 5.74) is 0.826. The van der Waals surface area contributed by atoms with Gasteiger partial charge in [0.1, 0.15) is 11.8 Å². The summed E-state index contributed by atoms with van der Waals surface area (Å²) in [6.45, 7) is 0.617. The average molecular weight is 441 g/mol. The fourth-order valence-corrected chi connectivity index (χ4v) is 3.11. The summed E-state index contributed by atoms with van der Waals surface area (Å²) in [5, 5.41) is 17.7. The molecule has 3 aromatic rings. The maximum atomic E-state index is 12.6. The molecule has 0 radical (unpaired) electrons. The topological polar surface area (TPSA) is 86.4 Å². The zero-order valence-corrected chi connectivity index (χ0v) is 16.7. The lowest BCUT2D eigenvalue weighted by Gasteiger charge is -2.26. The van der Waals surface area contributed by atoms with Gasteiger partial charge < -0.3 is 9.84 Å². The van der Waals surface area contributed by atoms with Gasteiger partial charge in [-0.25, -0.2) is 9.78 Å². The number of hydrogen-bond donors (Lipinski definition) is 1. The van der Waals surface area contributed by atoms with Crippen LogP contribution in [0.15, 0.2) is 66.9 Å². The van der Waals surface area contributed by atoms with Crippen LogP contribution in [0.1, 0.15) is 23.2 Å². The molecule has 1 aliphatic heterocycles. The molecule has 9 heteroatoms. The third-order valence-electron chi connectivity index (χ3n) is 4.60. The van der Waals surface area contributed by atoms with E-state index in [0.717, 1.165) is 30.2 Å². The molecule has 6 nitrogen and oxygen atoms in total. The van der Waals surface area contributed by atoms with Gasteiger partial charge in [0.05, 0.1) is 11.3 Å². The van der Waals surface area contributed by atoms with E-state index in [2.05, 4.69) is 4.98 Å². The van der Waals surface area contributed by atoms with E-state index in [-0.39, 0.29) is 11.4 Å². The summed E-state index contributed by atoms with van der Waals surface area (Å²) >= 11 is 0. The summed E-state index contributed by atoms with van der Waals surface area (Å²) in [7, 11) is 0. The minimum Gasteiger partial charge on any atom is -0.465 e. The highest BCUT2D eigenvalue weighted by atomic mass is 19.4. The highest BCUT2D eigenvalue weighted by molar-refractivity contribution is 5.87. The third kappa shape index (κ3) is 5.55. The number of nitriles is 1. The van der Waals surface area contributed by atoms with Crippen molar-refractivity contribution >= 4 is 11.8 Å². The maximum absolute atomic E-state index is 12.6. The number of amides is 1. The Morgan fingerprint density at radius 1 is 1.12 bits per heavy atom. The molecule has 0 spiro atoms. The normalized spacial score (nSPS) is 12.6. The summed E-state index contributed by atoms with van der Waals surface area (Å²) in [6, 6.07) is 18.3. The monoisotopic (exact) mass is 441 g/mol. The van der Waals surface area contributed by atoms with Crippen LogP contribution in [0.25, 0.3) is 0 Å². The van der Waals surface area contributed by atoms with Crippen LogP contribution in [0.3, 0.4) is 0 Å². The van der Waals surface area contributed by atoms with Crippen molar-refractivity contribution in [3.05, 3.63) is 83.7 Å². The van der Waals surface area contributed by atoms with Crippen molar-refractivity contribution in [2.75, 3.05) is 11.4 Å². The van der Waals surface area contributed by atoms with Gasteiger partial charge >= 0.3 is 12.3 Å². The molecular formula is C23H18F3N3O3. The van der Waals surface area contributed by atoms with Crippen molar-refractivity contribution in [3.63, 3.8) is 0 Å². The predicted octanol–water partition coefficient (Wildman–Crippen LogP) is 5.88. The summed E-state index contributed by atoms with van der Waals surface area (Å²) in [6.07, 6.45) is -2.87. The van der Waals surface area contributed by atoms with Gasteiger partial charge in [0.25, 0.3) is 0 Å². The zero-order valence-electron chi connectivity index (χ0n) is 16.7. The number of carboxylic acid groups (broad SMARTS) is 1. The van der Waals surface area contributed by atoms with Gasteiger partial charge in [-0.3, -0.25) is 4.90 Å². The number of pyridine rings is 1. The van der Waals surface area contributed by atoms with Gasteiger partial charge in [-0.1, -0.05) is 36.4 Å². The van der Waals surface area contributed by atoms with E-state index < -0.39 is 17.8 Å². The van der Waals surface area contributed by atoms with Crippen LogP contribution in [0, 0.1) is 11.3 Å². The molecule has 0 aliphatic carbocycles. The van der Waals surface area contributed by atoms with Gasteiger partial charge in [0, 0.05) is 12.7 Å². The fourth-order valence-electron chi connectivity index (χ4n) is 3.11. The van der Waals surface area contributed by atoms with Crippen LogP contribution in [0.5, 0.6) is 11.5 Å². The van der Waals surface area contributed by atoms with Gasteiger partial charge in [-0.05, 0) is 42.7 Å². The fraction of sp³-hybridized carbons (Fsp3) is 0.174. The Hall–Kier alpha value is -4.06. The molecule has 0 saturated heterocycles. The van der Waals surface area contributed by atoms with Crippen LogP contribution in [0.2, 0.25) is 0 Å². The van der Waals surface area contributed by atoms with Crippen molar-refractivity contribution in [1.82, 2.24) is 4.98 Å². The highest BCUT2D eigenvalue weighted by Gasteiger charge is 2.32. The molecule has 2 heterocycles. The van der Waals surface area contributed by atoms with Crippen LogP contribution < -0.4 is 9.64 Å². The number of aromatic nitrogens is 1. The lowest BCUT2D eigenvalue weighted by Crippen LogP contribution is -2.33. The first-order valence-corrected chi connectivity index (χ1v) is 9.58. The van der Waals surface area contributed by atoms with Gasteiger partial charge in [0.2, 0.25) is 0 Å². The highest BCUT2D eigenvalue weighted by Crippen LogP contribution is 2.33. The molecule has 164 valence electrons. The molecule has 1 aliphatic rings. The van der Waals surface area contributed by atoms with Gasteiger partial charge in [-0.2, -0.15) is 18.4 Å². The second kappa shape index (κ2) is 9.83. The Morgan fingerprint density at radius 2 is 1.81 bits per heavy atom. The SMILES string of the molecule is N#Cc1ncc(C(F)(F)F)cc1Oc1ccccc1.O=C(O)N1CCCc2ccccc21. The Labute approximate surface area is 182 Å². The molecule has 0 atom stereocenters. The van der Waals surface area contributed by atoms with Crippen molar-refractivity contribution in [3.8, 4) is 17.6 Å². The molecule has 32 heavy (non-hydrogen) atoms. The minimum atomic E-state index is -4.53. The lowest BCUT2D eigenvalue weighted by atomic mass is 10.0. The predicted molar refractivity (Wildman–Crippen MR) is 111 cm³/mol. The molecule has 0 unspecified atom stereocenters. The standard InChI is InChI=1S/C13H7F3N2O.C10H11NO2/c14-13(15,16)9-6-12(11(7-17)18-8-9)19-10-4-2-1-3-5-10;12-10(13)11-7-3-5-8-4-1-2-6-9(8)11/h1-6,8H;1-2,4,6H,3,5,7H2,(H,12,13). The van der Waals surface area contributed by atoms with E-state index in [1.54, 1.807) is 36.4 Å². The number of anilines is 1. The number of hydrogen-bond acceptors (Lipinski definition) is 4. The number of benzene rings is 2. The number of fused-ring (bicyclic) bond motifs is 1. The number of ether oxygens (including phenoxy) is 1. The molecule has 1 N–H and O–H groups in total. The number of aryl methyl sites for hydroxylation is 1. The largest absolute Gasteiger partial charge is 0.465 e. The van der Waals surface area contributed by atoms with E-state index >= 15 is 0 Å². The summed E-state index contributed by atoms with van der Waals surface area (Å²) in [4.78, 5) is 15.7. The molecule has 0 fully saturated rings. The number of para-hydroxylation sites is 2. The first kappa shape index (κ1) is 22.6. The van der Waals surface area contributed by atoms with E-state index in [1.807, 2.05) is 24.3 Å². The Bertz CT molecular complexity index is 1130. The molecule has 1 aromatic heterocycles. The van der Waals surface area contributed by atoms with E-state index in [1.165, 1.54) is 4.90 Å². The van der Waals surface area contributed by atoms with E-state index in [4.69, 9.17) is 15.1 Å². The second-order valence-corrected chi connectivity index (χ2v) is 6.76. The minimum absolute atomic E-state index is 0.197. The van der Waals surface area contributed by atoms with Crippen LogP contribution >= 0.6 is 0 Å². The number of nitrogens with zero attached hydrogens (tertiary/aromatic N) is 3. The third-order valence-corrected chi connectivity index (χ3v) is 4.60. The van der Waals surface area contributed by atoms with E-state index in [9.17, 15) is 18.0 Å². The molecule has 2 aromatic carbocycles. The van der Waals surface area contributed by atoms with Crippen LogP contribution in [-0.4, -0.2) is 22.7 Å². The molecule has 1 amide bonds. The van der Waals surface area contributed by atoms with Crippen LogP contribution in [-0.2, 0) is 12.6 Å². The molecular weight excluding hydrogens is 423 g/mol. The second-order valence-electron chi connectivity index (χ2n) is 6.76. The number of halogens is 3. The van der Waals surface area contributed by atoms with Crippen molar-refractivity contribution in [2.24, 2.45) is 0 Å². The quantitative estimate of drug-likeness (QED) is 0.537. The van der Waals surface area contributed by atoms with Gasteiger partial charge in [0.15, 0.2) is 11.4 Å². The smallest absolute Gasteiger partial charge is 0.418 e. The maximum Gasteiger partial charge on any atom is 0.418 e. The molecule has 4 rings (SSSR count). The number of carbonyl (C=O) groups is 1. The van der Waals surface area contributed by atoms with Crippen molar-refractivity contribution in [2.45, 2.75) is 19.0 Å². The molecule has 0 bridgehead atoms. The Morgan fingerprint density at radius 3 is 2.47 bits per heavy atom. The molecule has 0 saturated carbocycles. The first-order chi connectivity index (χ1) is 15.3. The van der Waals surface area contributed by atoms with E-state index in [0.29, 0.717) is 18.5 Å². The lowest BCUT2D eigenvalue weighted by molar-refractivity contribution is -0.137. The Balaban J connectivity index is 0.000000193. The van der Waals surface area contributed by atoms with Crippen LogP contribution in [0.4, 0.5) is 23.7 Å². The number of alkyl halides is 3. The average Bonchev–Trinajstić information content (AvgIpc) is 2.79.